The van der Waals surface area contributed by atoms with Crippen molar-refractivity contribution in [3.8, 4) is 0 Å². The Morgan fingerprint density at radius 2 is 2.06 bits per heavy atom. The minimum atomic E-state index is -0.121. The maximum absolute atomic E-state index is 11.0. The molecule has 96 valence electrons. The fourth-order valence-corrected chi connectivity index (χ4v) is 2.05. The van der Waals surface area contributed by atoms with Crippen LogP contribution in [0.25, 0.3) is 0 Å². The second-order valence-electron chi connectivity index (χ2n) is 4.36. The summed E-state index contributed by atoms with van der Waals surface area (Å²) in [4.78, 5) is 13.3. The fourth-order valence-electron chi connectivity index (χ4n) is 2.05. The largest absolute Gasteiger partial charge is 0.469 e. The van der Waals surface area contributed by atoms with Crippen molar-refractivity contribution in [1.29, 1.82) is 0 Å². The highest BCUT2D eigenvalue weighted by molar-refractivity contribution is 5.85. The van der Waals surface area contributed by atoms with E-state index in [4.69, 9.17) is 5.73 Å². The van der Waals surface area contributed by atoms with Gasteiger partial charge in [-0.1, -0.05) is 0 Å². The second kappa shape index (κ2) is 7.87. The Labute approximate surface area is 104 Å². The Bertz CT molecular complexity index is 204. The number of carbonyl (C=O) groups is 1. The zero-order chi connectivity index (χ0) is 11.3. The lowest BCUT2D eigenvalue weighted by Crippen LogP contribution is -2.40. The zero-order valence-corrected chi connectivity index (χ0v) is 11.0. The third kappa shape index (κ3) is 5.14. The van der Waals surface area contributed by atoms with E-state index < -0.39 is 0 Å². The van der Waals surface area contributed by atoms with Gasteiger partial charge < -0.3 is 15.4 Å². The van der Waals surface area contributed by atoms with E-state index >= 15 is 0 Å². The summed E-state index contributed by atoms with van der Waals surface area (Å²) >= 11 is 0. The van der Waals surface area contributed by atoms with E-state index in [1.54, 1.807) is 0 Å². The summed E-state index contributed by atoms with van der Waals surface area (Å²) in [7, 11) is 1.44. The van der Waals surface area contributed by atoms with Gasteiger partial charge in [0.1, 0.15) is 0 Å². The number of likely N-dealkylation sites (tertiary alicyclic amines) is 1. The molecule has 0 saturated carbocycles. The standard InChI is InChI=1S/C11H22N2O2.ClH/c1-9(12)10-3-6-13(7-4-10)8-5-11(14)15-2;/h9-10H,3-8,12H2,1-2H3;1H. The Morgan fingerprint density at radius 1 is 1.50 bits per heavy atom. The van der Waals surface area contributed by atoms with Crippen LogP contribution in [-0.4, -0.2) is 43.7 Å². The number of ether oxygens (including phenoxy) is 1. The first-order valence-corrected chi connectivity index (χ1v) is 5.68. The maximum Gasteiger partial charge on any atom is 0.306 e. The first-order valence-electron chi connectivity index (χ1n) is 5.68. The molecule has 0 aromatic rings. The molecule has 0 amide bonds. The van der Waals surface area contributed by atoms with Crippen LogP contribution in [0.15, 0.2) is 0 Å². The number of methoxy groups -OCH3 is 1. The smallest absolute Gasteiger partial charge is 0.306 e. The number of esters is 1. The molecule has 4 nitrogen and oxygen atoms in total. The Hall–Kier alpha value is -0.320. The van der Waals surface area contributed by atoms with E-state index in [1.807, 2.05) is 0 Å². The topological polar surface area (TPSA) is 55.6 Å². The highest BCUT2D eigenvalue weighted by atomic mass is 35.5. The molecule has 1 heterocycles. The third-order valence-corrected chi connectivity index (χ3v) is 3.24. The number of rotatable bonds is 4. The van der Waals surface area contributed by atoms with Crippen molar-refractivity contribution < 1.29 is 9.53 Å². The zero-order valence-electron chi connectivity index (χ0n) is 10.1. The van der Waals surface area contributed by atoms with E-state index in [2.05, 4.69) is 16.6 Å². The van der Waals surface area contributed by atoms with E-state index in [0.29, 0.717) is 18.4 Å². The average molecular weight is 251 g/mol. The van der Waals surface area contributed by atoms with Gasteiger partial charge in [-0.25, -0.2) is 0 Å². The van der Waals surface area contributed by atoms with Crippen LogP contribution in [-0.2, 0) is 9.53 Å². The van der Waals surface area contributed by atoms with Crippen LogP contribution in [0, 0.1) is 5.92 Å². The second-order valence-corrected chi connectivity index (χ2v) is 4.36. The number of piperidine rings is 1. The molecule has 1 aliphatic rings. The first kappa shape index (κ1) is 15.7. The summed E-state index contributed by atoms with van der Waals surface area (Å²) in [5.41, 5.74) is 5.86. The SMILES string of the molecule is COC(=O)CCN1CCC(C(C)N)CC1.Cl. The number of hydrogen-bond donors (Lipinski definition) is 1. The lowest BCUT2D eigenvalue weighted by molar-refractivity contribution is -0.141. The highest BCUT2D eigenvalue weighted by Gasteiger charge is 2.21. The van der Waals surface area contributed by atoms with Crippen molar-refractivity contribution in [3.63, 3.8) is 0 Å². The van der Waals surface area contributed by atoms with Crippen LogP contribution < -0.4 is 5.73 Å². The van der Waals surface area contributed by atoms with Crippen LogP contribution >= 0.6 is 12.4 Å². The molecular formula is C11H23ClN2O2. The van der Waals surface area contributed by atoms with Gasteiger partial charge in [0.25, 0.3) is 0 Å². The predicted molar refractivity (Wildman–Crippen MR) is 66.7 cm³/mol. The molecule has 1 aliphatic heterocycles. The lowest BCUT2D eigenvalue weighted by Gasteiger charge is -2.33. The van der Waals surface area contributed by atoms with E-state index in [1.165, 1.54) is 7.11 Å². The molecule has 1 atom stereocenters. The summed E-state index contributed by atoms with van der Waals surface area (Å²) in [6.07, 6.45) is 2.80. The lowest BCUT2D eigenvalue weighted by atomic mass is 9.91. The summed E-state index contributed by atoms with van der Waals surface area (Å²) in [5.74, 6) is 0.531. The summed E-state index contributed by atoms with van der Waals surface area (Å²) in [6, 6.07) is 0.299. The van der Waals surface area contributed by atoms with Crippen LogP contribution in [0.5, 0.6) is 0 Å². The first-order chi connectivity index (χ1) is 7.13. The molecule has 0 aromatic carbocycles. The van der Waals surface area contributed by atoms with Gasteiger partial charge in [-0.15, -0.1) is 12.4 Å². The van der Waals surface area contributed by atoms with Crippen molar-refractivity contribution >= 4 is 18.4 Å². The van der Waals surface area contributed by atoms with E-state index in [0.717, 1.165) is 32.5 Å². The number of nitrogens with zero attached hydrogens (tertiary/aromatic N) is 1. The fraction of sp³-hybridized carbons (Fsp3) is 0.909. The number of carbonyl (C=O) groups excluding carboxylic acids is 1. The molecule has 5 heteroatoms. The Morgan fingerprint density at radius 3 is 2.50 bits per heavy atom. The van der Waals surface area contributed by atoms with Crippen molar-refractivity contribution in [2.45, 2.75) is 32.2 Å². The highest BCUT2D eigenvalue weighted by Crippen LogP contribution is 2.19. The van der Waals surface area contributed by atoms with Crippen molar-refractivity contribution in [1.82, 2.24) is 4.90 Å². The van der Waals surface area contributed by atoms with Crippen LogP contribution in [0.3, 0.4) is 0 Å². The van der Waals surface area contributed by atoms with Crippen molar-refractivity contribution in [2.24, 2.45) is 11.7 Å². The van der Waals surface area contributed by atoms with Gasteiger partial charge in [0.05, 0.1) is 13.5 Å². The molecule has 1 saturated heterocycles. The number of hydrogen-bond acceptors (Lipinski definition) is 4. The molecule has 0 spiro atoms. The molecule has 1 fully saturated rings. The molecular weight excluding hydrogens is 228 g/mol. The van der Waals surface area contributed by atoms with Gasteiger partial charge in [-0.05, 0) is 38.8 Å². The average Bonchev–Trinajstić information content (AvgIpc) is 2.26. The monoisotopic (exact) mass is 250 g/mol. The van der Waals surface area contributed by atoms with E-state index in [-0.39, 0.29) is 18.4 Å². The van der Waals surface area contributed by atoms with Crippen LogP contribution in [0.4, 0.5) is 0 Å². The van der Waals surface area contributed by atoms with Gasteiger partial charge in [0.15, 0.2) is 0 Å². The molecule has 1 rings (SSSR count). The molecule has 0 radical (unpaired) electrons. The molecule has 0 aliphatic carbocycles. The van der Waals surface area contributed by atoms with Gasteiger partial charge in [0, 0.05) is 12.6 Å². The summed E-state index contributed by atoms with van der Waals surface area (Å²) in [6.45, 7) is 5.01. The van der Waals surface area contributed by atoms with Crippen LogP contribution in [0.1, 0.15) is 26.2 Å². The Balaban J connectivity index is 0.00000225. The molecule has 2 N–H and O–H groups in total. The van der Waals surface area contributed by atoms with Gasteiger partial charge in [0.2, 0.25) is 0 Å². The minimum Gasteiger partial charge on any atom is -0.469 e. The van der Waals surface area contributed by atoms with Crippen LogP contribution in [0.2, 0.25) is 0 Å². The Kier molecular flexibility index (Phi) is 7.72. The van der Waals surface area contributed by atoms with Gasteiger partial charge in [-0.2, -0.15) is 0 Å². The summed E-state index contributed by atoms with van der Waals surface area (Å²) < 4.78 is 4.62. The van der Waals surface area contributed by atoms with E-state index in [9.17, 15) is 4.79 Å². The molecule has 0 bridgehead atoms. The maximum atomic E-state index is 11.0. The van der Waals surface area contributed by atoms with Gasteiger partial charge >= 0.3 is 5.97 Å². The van der Waals surface area contributed by atoms with Crippen molar-refractivity contribution in [3.05, 3.63) is 0 Å². The third-order valence-electron chi connectivity index (χ3n) is 3.24. The van der Waals surface area contributed by atoms with Gasteiger partial charge in [-0.3, -0.25) is 4.79 Å². The minimum absolute atomic E-state index is 0. The predicted octanol–water partition coefficient (Wildman–Crippen LogP) is 1.03. The molecule has 16 heavy (non-hydrogen) atoms. The molecule has 0 aromatic heterocycles. The quantitative estimate of drug-likeness (QED) is 0.758. The number of halogens is 1. The normalized spacial score (nSPS) is 19.9. The summed E-state index contributed by atoms with van der Waals surface area (Å²) in [5, 5.41) is 0. The molecule has 1 unspecified atom stereocenters. The van der Waals surface area contributed by atoms with Crippen molar-refractivity contribution in [2.75, 3.05) is 26.7 Å². The number of nitrogens with two attached hydrogens (primary N) is 1.